The quantitative estimate of drug-likeness (QED) is 0.860. The molecule has 1 aromatic carbocycles. The lowest BCUT2D eigenvalue weighted by Gasteiger charge is -2.12. The number of nitrogens with one attached hydrogen (secondary N) is 1. The highest BCUT2D eigenvalue weighted by atomic mass is 19.1. The molecule has 0 unspecified atom stereocenters. The Hall–Kier alpha value is -2.74. The van der Waals surface area contributed by atoms with Gasteiger partial charge in [-0.3, -0.25) is 14.2 Å². The van der Waals surface area contributed by atoms with Crippen molar-refractivity contribution >= 4 is 5.91 Å². The summed E-state index contributed by atoms with van der Waals surface area (Å²) in [5, 5.41) is 12.6. The van der Waals surface area contributed by atoms with Crippen molar-refractivity contribution in [3.63, 3.8) is 0 Å². The number of carbonyl (C=O) groups is 1. The predicted molar refractivity (Wildman–Crippen MR) is 87.0 cm³/mol. The molecule has 3 rings (SSSR count). The molecular formula is C17H18FN3O4. The van der Waals surface area contributed by atoms with Crippen LogP contribution < -0.4 is 10.9 Å². The number of rotatable bonds is 3. The number of aromatic hydroxyl groups is 1. The fourth-order valence-electron chi connectivity index (χ4n) is 2.67. The van der Waals surface area contributed by atoms with Crippen molar-refractivity contribution in [3.8, 4) is 5.75 Å². The Morgan fingerprint density at radius 3 is 3.00 bits per heavy atom. The Bertz CT molecular complexity index is 879. The first-order valence-corrected chi connectivity index (χ1v) is 7.91. The molecule has 0 radical (unpaired) electrons. The number of nitrogens with zero attached hydrogens (tertiary/aromatic N) is 2. The van der Waals surface area contributed by atoms with Crippen LogP contribution in [-0.2, 0) is 24.2 Å². The maximum absolute atomic E-state index is 13.3. The zero-order valence-corrected chi connectivity index (χ0v) is 13.7. The van der Waals surface area contributed by atoms with E-state index >= 15 is 0 Å². The molecule has 0 atom stereocenters. The van der Waals surface area contributed by atoms with Crippen LogP contribution in [0.25, 0.3) is 0 Å². The molecule has 132 valence electrons. The number of ether oxygens (including phenoxy) is 1. The van der Waals surface area contributed by atoms with E-state index in [9.17, 15) is 19.1 Å². The van der Waals surface area contributed by atoms with Gasteiger partial charge < -0.3 is 15.2 Å². The molecule has 1 amide bonds. The van der Waals surface area contributed by atoms with Crippen LogP contribution in [0.2, 0.25) is 0 Å². The van der Waals surface area contributed by atoms with Crippen LogP contribution >= 0.6 is 0 Å². The summed E-state index contributed by atoms with van der Waals surface area (Å²) in [4.78, 5) is 28.7. The predicted octanol–water partition coefficient (Wildman–Crippen LogP) is 0.899. The van der Waals surface area contributed by atoms with Crippen molar-refractivity contribution in [3.05, 3.63) is 57.0 Å². The SMILES string of the molecule is Cc1cc(CNC(=O)c2nc3n(c(=O)c2O)CCOCC3)ccc1F. The highest BCUT2D eigenvalue weighted by molar-refractivity contribution is 5.94. The molecule has 1 aliphatic rings. The van der Waals surface area contributed by atoms with Crippen LogP contribution in [0.4, 0.5) is 4.39 Å². The number of hydrogen-bond donors (Lipinski definition) is 2. The number of carbonyl (C=O) groups excluding carboxylic acids is 1. The summed E-state index contributed by atoms with van der Waals surface area (Å²) in [5.74, 6) is -1.26. The molecule has 2 aromatic rings. The van der Waals surface area contributed by atoms with Crippen molar-refractivity contribution in [2.24, 2.45) is 0 Å². The zero-order chi connectivity index (χ0) is 18.0. The van der Waals surface area contributed by atoms with Crippen LogP contribution in [0.1, 0.15) is 27.4 Å². The van der Waals surface area contributed by atoms with Crippen molar-refractivity contribution in [1.82, 2.24) is 14.9 Å². The van der Waals surface area contributed by atoms with E-state index in [4.69, 9.17) is 4.74 Å². The molecule has 1 aromatic heterocycles. The molecule has 0 spiro atoms. The third-order valence-electron chi connectivity index (χ3n) is 4.04. The Morgan fingerprint density at radius 2 is 2.24 bits per heavy atom. The van der Waals surface area contributed by atoms with Crippen molar-refractivity contribution in [2.45, 2.75) is 26.4 Å². The molecule has 8 heteroatoms. The number of aryl methyl sites for hydroxylation is 1. The summed E-state index contributed by atoms with van der Waals surface area (Å²) in [6.45, 7) is 2.79. The normalized spacial score (nSPS) is 13.8. The second-order valence-corrected chi connectivity index (χ2v) is 5.81. The second kappa shape index (κ2) is 7.02. The Balaban J connectivity index is 1.82. The zero-order valence-electron chi connectivity index (χ0n) is 13.7. The lowest BCUT2D eigenvalue weighted by atomic mass is 10.1. The lowest BCUT2D eigenvalue weighted by Crippen LogP contribution is -2.31. The number of benzene rings is 1. The third-order valence-corrected chi connectivity index (χ3v) is 4.04. The largest absolute Gasteiger partial charge is 0.501 e. The smallest absolute Gasteiger partial charge is 0.296 e. The van der Waals surface area contributed by atoms with Crippen LogP contribution in [-0.4, -0.2) is 33.8 Å². The van der Waals surface area contributed by atoms with Gasteiger partial charge in [0.2, 0.25) is 5.75 Å². The average molecular weight is 347 g/mol. The number of halogens is 1. The van der Waals surface area contributed by atoms with Gasteiger partial charge in [0.1, 0.15) is 11.6 Å². The summed E-state index contributed by atoms with van der Waals surface area (Å²) < 4.78 is 19.9. The van der Waals surface area contributed by atoms with Gasteiger partial charge in [-0.05, 0) is 24.1 Å². The molecular weight excluding hydrogens is 329 g/mol. The maximum Gasteiger partial charge on any atom is 0.296 e. The number of amides is 1. The van der Waals surface area contributed by atoms with E-state index < -0.39 is 17.2 Å². The minimum Gasteiger partial charge on any atom is -0.501 e. The van der Waals surface area contributed by atoms with Gasteiger partial charge in [0, 0.05) is 13.0 Å². The molecule has 1 aliphatic heterocycles. The van der Waals surface area contributed by atoms with Gasteiger partial charge in [0.15, 0.2) is 5.69 Å². The highest BCUT2D eigenvalue weighted by Gasteiger charge is 2.22. The Labute approximate surface area is 143 Å². The summed E-state index contributed by atoms with van der Waals surface area (Å²) in [6.07, 6.45) is 0.382. The van der Waals surface area contributed by atoms with E-state index in [1.807, 2.05) is 0 Å². The molecule has 0 bridgehead atoms. The van der Waals surface area contributed by atoms with Crippen molar-refractivity contribution in [1.29, 1.82) is 0 Å². The van der Waals surface area contributed by atoms with Crippen LogP contribution in [0.3, 0.4) is 0 Å². The van der Waals surface area contributed by atoms with Crippen LogP contribution in [0, 0.1) is 12.7 Å². The first-order valence-electron chi connectivity index (χ1n) is 7.91. The van der Waals surface area contributed by atoms with Gasteiger partial charge in [-0.1, -0.05) is 12.1 Å². The number of aromatic nitrogens is 2. The molecule has 25 heavy (non-hydrogen) atoms. The van der Waals surface area contributed by atoms with E-state index in [0.29, 0.717) is 36.6 Å². The molecule has 0 aliphatic carbocycles. The monoisotopic (exact) mass is 347 g/mol. The van der Waals surface area contributed by atoms with E-state index in [0.717, 1.165) is 0 Å². The summed E-state index contributed by atoms with van der Waals surface area (Å²) in [7, 11) is 0. The molecule has 0 saturated heterocycles. The fourth-order valence-corrected chi connectivity index (χ4v) is 2.67. The summed E-state index contributed by atoms with van der Waals surface area (Å²) >= 11 is 0. The van der Waals surface area contributed by atoms with Crippen molar-refractivity contribution < 1.29 is 19.0 Å². The van der Waals surface area contributed by atoms with E-state index in [1.54, 1.807) is 19.1 Å². The minimum atomic E-state index is -0.682. The van der Waals surface area contributed by atoms with Crippen LogP contribution in [0.15, 0.2) is 23.0 Å². The standard InChI is InChI=1S/C17H18FN3O4/c1-10-8-11(2-3-12(10)18)9-19-16(23)14-15(22)17(24)21-5-7-25-6-4-13(21)20-14/h2-3,8,22H,4-7,9H2,1H3,(H,19,23). The third kappa shape index (κ3) is 3.53. The van der Waals surface area contributed by atoms with Crippen molar-refractivity contribution in [2.75, 3.05) is 13.2 Å². The average Bonchev–Trinajstić information content (AvgIpc) is 2.84. The topological polar surface area (TPSA) is 93.5 Å². The van der Waals surface area contributed by atoms with E-state index in [1.165, 1.54) is 10.6 Å². The Morgan fingerprint density at radius 1 is 1.44 bits per heavy atom. The van der Waals surface area contributed by atoms with Gasteiger partial charge in [-0.15, -0.1) is 0 Å². The first kappa shape index (κ1) is 17.1. The molecule has 7 nitrogen and oxygen atoms in total. The number of fused-ring (bicyclic) bond motifs is 1. The summed E-state index contributed by atoms with van der Waals surface area (Å²) in [5.41, 5.74) is 0.206. The molecule has 2 heterocycles. The summed E-state index contributed by atoms with van der Waals surface area (Å²) in [6, 6.07) is 4.49. The first-order chi connectivity index (χ1) is 12.0. The van der Waals surface area contributed by atoms with Gasteiger partial charge in [-0.2, -0.15) is 0 Å². The van der Waals surface area contributed by atoms with E-state index in [2.05, 4.69) is 10.3 Å². The molecule has 0 saturated carbocycles. The maximum atomic E-state index is 13.3. The minimum absolute atomic E-state index is 0.128. The molecule has 2 N–H and O–H groups in total. The van der Waals surface area contributed by atoms with Gasteiger partial charge in [-0.25, -0.2) is 9.37 Å². The van der Waals surface area contributed by atoms with Gasteiger partial charge >= 0.3 is 0 Å². The fraction of sp³-hybridized carbons (Fsp3) is 0.353. The Kier molecular flexibility index (Phi) is 4.80. The molecule has 0 fully saturated rings. The van der Waals surface area contributed by atoms with Gasteiger partial charge in [0.25, 0.3) is 11.5 Å². The highest BCUT2D eigenvalue weighted by Crippen LogP contribution is 2.13. The van der Waals surface area contributed by atoms with E-state index in [-0.39, 0.29) is 24.6 Å². The second-order valence-electron chi connectivity index (χ2n) is 5.81. The number of hydrogen-bond acceptors (Lipinski definition) is 5. The lowest BCUT2D eigenvalue weighted by molar-refractivity contribution is 0.0941. The van der Waals surface area contributed by atoms with Gasteiger partial charge in [0.05, 0.1) is 19.8 Å². The van der Waals surface area contributed by atoms with Crippen LogP contribution in [0.5, 0.6) is 5.75 Å².